The molecule has 112 valence electrons. The van der Waals surface area contributed by atoms with E-state index in [1.165, 1.54) is 5.56 Å². The summed E-state index contributed by atoms with van der Waals surface area (Å²) in [5.41, 5.74) is 1.12. The van der Waals surface area contributed by atoms with Gasteiger partial charge in [0.1, 0.15) is 0 Å². The number of aliphatic hydroxyl groups excluding tert-OH is 1. The van der Waals surface area contributed by atoms with Crippen molar-refractivity contribution in [2.24, 2.45) is 5.41 Å². The zero-order chi connectivity index (χ0) is 15.0. The van der Waals surface area contributed by atoms with Crippen LogP contribution < -0.4 is 5.32 Å². The monoisotopic (exact) mass is 341 g/mol. The Kier molecular flexibility index (Phi) is 7.24. The number of hydrogen-bond donors (Lipinski definition) is 2. The van der Waals surface area contributed by atoms with E-state index in [4.69, 9.17) is 5.11 Å². The zero-order valence-electron chi connectivity index (χ0n) is 12.3. The lowest BCUT2D eigenvalue weighted by Crippen LogP contribution is -2.26. The third-order valence-electron chi connectivity index (χ3n) is 3.33. The summed E-state index contributed by atoms with van der Waals surface area (Å²) in [5.74, 6) is 0.0923. The van der Waals surface area contributed by atoms with Gasteiger partial charge in [-0.05, 0) is 42.4 Å². The van der Waals surface area contributed by atoms with E-state index in [1.54, 1.807) is 0 Å². The van der Waals surface area contributed by atoms with Crippen LogP contribution in [-0.2, 0) is 11.2 Å². The fourth-order valence-electron chi connectivity index (χ4n) is 1.87. The molecular weight excluding hydrogens is 318 g/mol. The molecule has 0 saturated carbocycles. The summed E-state index contributed by atoms with van der Waals surface area (Å²) in [7, 11) is 0. The molecule has 2 N–H and O–H groups in total. The second-order valence-electron chi connectivity index (χ2n) is 5.90. The van der Waals surface area contributed by atoms with Crippen LogP contribution in [0.4, 0.5) is 0 Å². The molecule has 1 aromatic rings. The van der Waals surface area contributed by atoms with Gasteiger partial charge in [0.15, 0.2) is 0 Å². The van der Waals surface area contributed by atoms with Crippen molar-refractivity contribution in [1.82, 2.24) is 5.32 Å². The Morgan fingerprint density at radius 2 is 1.95 bits per heavy atom. The van der Waals surface area contributed by atoms with Gasteiger partial charge in [0.2, 0.25) is 5.91 Å². The summed E-state index contributed by atoms with van der Waals surface area (Å²) in [4.78, 5) is 11.7. The molecule has 0 heterocycles. The molecule has 0 bridgehead atoms. The fourth-order valence-corrected chi connectivity index (χ4v) is 2.14. The Hall–Kier alpha value is -0.870. The predicted molar refractivity (Wildman–Crippen MR) is 85.6 cm³/mol. The molecule has 0 aliphatic heterocycles. The van der Waals surface area contributed by atoms with Crippen LogP contribution in [0.5, 0.6) is 0 Å². The lowest BCUT2D eigenvalue weighted by Gasteiger charge is -2.21. The van der Waals surface area contributed by atoms with Gasteiger partial charge >= 0.3 is 0 Å². The van der Waals surface area contributed by atoms with Gasteiger partial charge in [0.05, 0.1) is 0 Å². The fraction of sp³-hybridized carbons (Fsp3) is 0.562. The molecule has 1 rings (SSSR count). The SMILES string of the molecule is CC(C)(CO)CCCNC(=O)CCc1ccc(Br)cc1. The molecule has 0 radical (unpaired) electrons. The number of aliphatic hydroxyl groups is 1. The third kappa shape index (κ3) is 7.06. The average molecular weight is 342 g/mol. The first-order chi connectivity index (χ1) is 9.43. The van der Waals surface area contributed by atoms with Crippen molar-refractivity contribution in [2.45, 2.75) is 39.5 Å². The highest BCUT2D eigenvalue weighted by atomic mass is 79.9. The molecule has 4 heteroatoms. The second kappa shape index (κ2) is 8.42. The molecule has 0 atom stereocenters. The molecule has 0 aromatic heterocycles. The van der Waals surface area contributed by atoms with E-state index in [-0.39, 0.29) is 17.9 Å². The van der Waals surface area contributed by atoms with E-state index in [0.29, 0.717) is 13.0 Å². The van der Waals surface area contributed by atoms with E-state index in [0.717, 1.165) is 23.7 Å². The number of aryl methyl sites for hydroxylation is 1. The van der Waals surface area contributed by atoms with Gasteiger partial charge in [0, 0.05) is 24.0 Å². The highest BCUT2D eigenvalue weighted by molar-refractivity contribution is 9.10. The van der Waals surface area contributed by atoms with Crippen molar-refractivity contribution in [3.05, 3.63) is 34.3 Å². The molecule has 0 spiro atoms. The van der Waals surface area contributed by atoms with Crippen LogP contribution in [-0.4, -0.2) is 24.2 Å². The number of rotatable bonds is 8. The van der Waals surface area contributed by atoms with Crippen molar-refractivity contribution in [3.63, 3.8) is 0 Å². The molecule has 0 aliphatic rings. The number of halogens is 1. The van der Waals surface area contributed by atoms with Crippen molar-refractivity contribution in [1.29, 1.82) is 0 Å². The number of hydrogen-bond acceptors (Lipinski definition) is 2. The minimum atomic E-state index is -0.0534. The van der Waals surface area contributed by atoms with Crippen LogP contribution in [0.15, 0.2) is 28.7 Å². The van der Waals surface area contributed by atoms with Gasteiger partial charge in [-0.15, -0.1) is 0 Å². The van der Waals surface area contributed by atoms with Gasteiger partial charge < -0.3 is 10.4 Å². The molecule has 0 fully saturated rings. The van der Waals surface area contributed by atoms with Crippen molar-refractivity contribution in [2.75, 3.05) is 13.2 Å². The Morgan fingerprint density at radius 3 is 2.55 bits per heavy atom. The highest BCUT2D eigenvalue weighted by Gasteiger charge is 2.15. The first kappa shape index (κ1) is 17.2. The van der Waals surface area contributed by atoms with E-state index < -0.39 is 0 Å². The van der Waals surface area contributed by atoms with Gasteiger partial charge in [-0.1, -0.05) is 41.9 Å². The predicted octanol–water partition coefficient (Wildman–Crippen LogP) is 3.30. The molecular formula is C16H24BrNO2. The maximum atomic E-state index is 11.7. The first-order valence-corrected chi connectivity index (χ1v) is 7.84. The van der Waals surface area contributed by atoms with Crippen molar-refractivity contribution < 1.29 is 9.90 Å². The summed E-state index contributed by atoms with van der Waals surface area (Å²) in [6.45, 7) is 4.93. The normalized spacial score (nSPS) is 11.4. The topological polar surface area (TPSA) is 49.3 Å². The number of amides is 1. The Bertz CT molecular complexity index is 415. The van der Waals surface area contributed by atoms with Crippen LogP contribution >= 0.6 is 15.9 Å². The largest absolute Gasteiger partial charge is 0.396 e. The van der Waals surface area contributed by atoms with Crippen LogP contribution in [0.3, 0.4) is 0 Å². The summed E-state index contributed by atoms with van der Waals surface area (Å²) in [5, 5.41) is 12.1. The Morgan fingerprint density at radius 1 is 1.30 bits per heavy atom. The Labute approximate surface area is 129 Å². The Balaban J connectivity index is 2.16. The van der Waals surface area contributed by atoms with Gasteiger partial charge in [-0.25, -0.2) is 0 Å². The molecule has 20 heavy (non-hydrogen) atoms. The second-order valence-corrected chi connectivity index (χ2v) is 6.82. The summed E-state index contributed by atoms with van der Waals surface area (Å²) < 4.78 is 1.05. The first-order valence-electron chi connectivity index (χ1n) is 7.05. The van der Waals surface area contributed by atoms with E-state index >= 15 is 0 Å². The van der Waals surface area contributed by atoms with E-state index in [2.05, 4.69) is 21.2 Å². The number of nitrogens with one attached hydrogen (secondary N) is 1. The number of benzene rings is 1. The summed E-state index contributed by atoms with van der Waals surface area (Å²) in [6, 6.07) is 8.04. The third-order valence-corrected chi connectivity index (χ3v) is 3.86. The average Bonchev–Trinajstić information content (AvgIpc) is 2.43. The summed E-state index contributed by atoms with van der Waals surface area (Å²) in [6.07, 6.45) is 3.10. The minimum absolute atomic E-state index is 0.0534. The highest BCUT2D eigenvalue weighted by Crippen LogP contribution is 2.20. The van der Waals surface area contributed by atoms with Gasteiger partial charge in [0.25, 0.3) is 0 Å². The van der Waals surface area contributed by atoms with E-state index in [1.807, 2.05) is 38.1 Å². The molecule has 0 unspecified atom stereocenters. The number of carbonyl (C=O) groups excluding carboxylic acids is 1. The molecule has 0 saturated heterocycles. The standard InChI is InChI=1S/C16H24BrNO2/c1-16(2,12-19)10-3-11-18-15(20)9-6-13-4-7-14(17)8-5-13/h4-5,7-8,19H,3,6,9-12H2,1-2H3,(H,18,20). The smallest absolute Gasteiger partial charge is 0.220 e. The molecule has 1 amide bonds. The minimum Gasteiger partial charge on any atom is -0.396 e. The zero-order valence-corrected chi connectivity index (χ0v) is 13.9. The van der Waals surface area contributed by atoms with E-state index in [9.17, 15) is 4.79 Å². The molecule has 1 aromatic carbocycles. The van der Waals surface area contributed by atoms with Gasteiger partial charge in [-0.3, -0.25) is 4.79 Å². The quantitative estimate of drug-likeness (QED) is 0.712. The van der Waals surface area contributed by atoms with Crippen molar-refractivity contribution in [3.8, 4) is 0 Å². The van der Waals surface area contributed by atoms with Gasteiger partial charge in [-0.2, -0.15) is 0 Å². The number of carbonyl (C=O) groups is 1. The molecule has 0 aliphatic carbocycles. The lowest BCUT2D eigenvalue weighted by atomic mass is 9.89. The lowest BCUT2D eigenvalue weighted by molar-refractivity contribution is -0.121. The molecule has 3 nitrogen and oxygen atoms in total. The summed E-state index contributed by atoms with van der Waals surface area (Å²) >= 11 is 3.39. The maximum absolute atomic E-state index is 11.7. The van der Waals surface area contributed by atoms with Crippen LogP contribution in [0, 0.1) is 5.41 Å². The van der Waals surface area contributed by atoms with Crippen LogP contribution in [0.2, 0.25) is 0 Å². The van der Waals surface area contributed by atoms with Crippen LogP contribution in [0.25, 0.3) is 0 Å². The maximum Gasteiger partial charge on any atom is 0.220 e. The van der Waals surface area contributed by atoms with Crippen molar-refractivity contribution >= 4 is 21.8 Å². The van der Waals surface area contributed by atoms with Crippen LogP contribution in [0.1, 0.15) is 38.7 Å².